The highest BCUT2D eigenvalue weighted by Crippen LogP contribution is 2.56. The third-order valence-corrected chi connectivity index (χ3v) is 8.82. The van der Waals surface area contributed by atoms with Crippen molar-refractivity contribution in [2.24, 2.45) is 23.2 Å². The van der Waals surface area contributed by atoms with Crippen molar-refractivity contribution in [1.82, 2.24) is 4.90 Å². The molecular weight excluding hydrogens is 404 g/mol. The van der Waals surface area contributed by atoms with Gasteiger partial charge in [-0.1, -0.05) is 37.6 Å². The van der Waals surface area contributed by atoms with E-state index in [0.29, 0.717) is 12.5 Å². The molecule has 2 aliphatic heterocycles. The Bertz CT molecular complexity index is 894. The van der Waals surface area contributed by atoms with Gasteiger partial charge in [0.05, 0.1) is 24.8 Å². The molecule has 174 valence electrons. The van der Waals surface area contributed by atoms with Gasteiger partial charge in [0, 0.05) is 50.5 Å². The van der Waals surface area contributed by atoms with Crippen LogP contribution in [-0.4, -0.2) is 68.0 Å². The Morgan fingerprint density at radius 3 is 2.72 bits per heavy atom. The van der Waals surface area contributed by atoms with E-state index in [-0.39, 0.29) is 29.3 Å². The smallest absolute Gasteiger partial charge is 0.311 e. The second-order valence-corrected chi connectivity index (χ2v) is 10.3. The summed E-state index contributed by atoms with van der Waals surface area (Å²) in [4.78, 5) is 17.6. The van der Waals surface area contributed by atoms with Gasteiger partial charge >= 0.3 is 5.97 Å². The summed E-state index contributed by atoms with van der Waals surface area (Å²) in [5.41, 5.74) is 2.17. The number of benzene rings is 1. The molecule has 6 nitrogen and oxygen atoms in total. The minimum Gasteiger partial charge on any atom is -0.495 e. The van der Waals surface area contributed by atoms with Crippen molar-refractivity contribution in [3.8, 4) is 5.75 Å². The van der Waals surface area contributed by atoms with Crippen molar-refractivity contribution in [2.75, 3.05) is 44.7 Å². The van der Waals surface area contributed by atoms with Crippen molar-refractivity contribution in [1.29, 1.82) is 0 Å². The summed E-state index contributed by atoms with van der Waals surface area (Å²) < 4.78 is 11.4. The molecule has 3 fully saturated rings. The van der Waals surface area contributed by atoms with E-state index < -0.39 is 6.10 Å². The Hall–Kier alpha value is -2.05. The third-order valence-electron chi connectivity index (χ3n) is 8.82. The van der Waals surface area contributed by atoms with Crippen LogP contribution >= 0.6 is 0 Å². The van der Waals surface area contributed by atoms with E-state index in [4.69, 9.17) is 9.47 Å². The summed E-state index contributed by atoms with van der Waals surface area (Å²) in [5, 5.41) is 11.6. The molecule has 0 radical (unpaired) electrons. The molecule has 6 heteroatoms. The number of allylic oxidation sites excluding steroid dienone is 1. The van der Waals surface area contributed by atoms with Gasteiger partial charge in [-0.25, -0.2) is 0 Å². The summed E-state index contributed by atoms with van der Waals surface area (Å²) in [5.74, 6) is 0.825. The van der Waals surface area contributed by atoms with Crippen LogP contribution in [0.3, 0.4) is 0 Å². The van der Waals surface area contributed by atoms with E-state index in [1.165, 1.54) is 5.57 Å². The lowest BCUT2D eigenvalue weighted by atomic mass is 9.55. The molecule has 1 N–H and O–H groups in total. The number of carbonyl (C=O) groups is 1. The number of methoxy groups -OCH3 is 1. The molecule has 0 amide bonds. The fourth-order valence-electron chi connectivity index (χ4n) is 6.61. The van der Waals surface area contributed by atoms with Crippen LogP contribution in [0.5, 0.6) is 5.75 Å². The van der Waals surface area contributed by atoms with Gasteiger partial charge in [-0.05, 0) is 30.9 Å². The van der Waals surface area contributed by atoms with Crippen LogP contribution in [0, 0.1) is 23.2 Å². The standard InChI is InChI=1S/C26H36N2O4/c1-17-7-6-8-18-15-22-23(24(29)26(17,18)2)19(25(30)32-22)16-27-11-13-28(14-12-27)20-9-4-5-10-21(20)31-3/h4-5,8-10,17,19,22-24,29H,6-7,11-16H2,1-3H3/t17-,19?,22-,23-,24+,26-/m1/s1. The first-order valence-corrected chi connectivity index (χ1v) is 12.1. The van der Waals surface area contributed by atoms with Crippen LogP contribution in [0.4, 0.5) is 5.69 Å². The average molecular weight is 441 g/mol. The molecule has 5 rings (SSSR count). The van der Waals surface area contributed by atoms with Crippen LogP contribution in [0.2, 0.25) is 0 Å². The van der Waals surface area contributed by atoms with E-state index >= 15 is 0 Å². The molecule has 2 aliphatic carbocycles. The van der Waals surface area contributed by atoms with E-state index in [9.17, 15) is 9.90 Å². The van der Waals surface area contributed by atoms with Gasteiger partial charge in [-0.2, -0.15) is 0 Å². The van der Waals surface area contributed by atoms with Gasteiger partial charge < -0.3 is 19.5 Å². The second-order valence-electron chi connectivity index (χ2n) is 10.3. The van der Waals surface area contributed by atoms with Crippen molar-refractivity contribution < 1.29 is 19.4 Å². The van der Waals surface area contributed by atoms with Gasteiger partial charge in [0.2, 0.25) is 0 Å². The van der Waals surface area contributed by atoms with Crippen LogP contribution in [0.1, 0.15) is 33.1 Å². The first kappa shape index (κ1) is 21.8. The van der Waals surface area contributed by atoms with Gasteiger partial charge in [-0.3, -0.25) is 9.69 Å². The number of aliphatic hydroxyl groups excluding tert-OH is 1. The largest absolute Gasteiger partial charge is 0.495 e. The summed E-state index contributed by atoms with van der Waals surface area (Å²) in [6.45, 7) is 8.67. The van der Waals surface area contributed by atoms with Crippen LogP contribution < -0.4 is 9.64 Å². The molecule has 1 saturated carbocycles. The van der Waals surface area contributed by atoms with E-state index in [1.807, 2.05) is 18.2 Å². The number of hydrogen-bond donors (Lipinski definition) is 1. The minimum absolute atomic E-state index is 0.113. The number of ether oxygens (including phenoxy) is 2. The number of piperazine rings is 1. The van der Waals surface area contributed by atoms with Crippen molar-refractivity contribution in [2.45, 2.75) is 45.3 Å². The molecule has 6 atom stereocenters. The number of aliphatic hydroxyl groups is 1. The molecule has 0 aromatic heterocycles. The first-order valence-electron chi connectivity index (χ1n) is 12.1. The first-order chi connectivity index (χ1) is 15.4. The number of esters is 1. The normalized spacial score (nSPS) is 37.4. The summed E-state index contributed by atoms with van der Waals surface area (Å²) in [7, 11) is 1.71. The van der Waals surface area contributed by atoms with E-state index in [1.54, 1.807) is 7.11 Å². The topological polar surface area (TPSA) is 62.2 Å². The Balaban J connectivity index is 1.28. The molecule has 1 unspecified atom stereocenters. The number of nitrogens with zero attached hydrogens (tertiary/aromatic N) is 2. The highest BCUT2D eigenvalue weighted by Gasteiger charge is 2.59. The lowest BCUT2D eigenvalue weighted by molar-refractivity contribution is -0.145. The molecule has 1 aromatic carbocycles. The van der Waals surface area contributed by atoms with Crippen LogP contribution in [0.25, 0.3) is 0 Å². The predicted molar refractivity (Wildman–Crippen MR) is 124 cm³/mol. The van der Waals surface area contributed by atoms with Crippen molar-refractivity contribution in [3.63, 3.8) is 0 Å². The maximum atomic E-state index is 12.9. The van der Waals surface area contributed by atoms with Gasteiger partial charge in [0.25, 0.3) is 0 Å². The third kappa shape index (κ3) is 3.43. The highest BCUT2D eigenvalue weighted by atomic mass is 16.6. The second kappa shape index (κ2) is 8.38. The van der Waals surface area contributed by atoms with Gasteiger partial charge in [0.1, 0.15) is 11.9 Å². The highest BCUT2D eigenvalue weighted by molar-refractivity contribution is 5.76. The number of fused-ring (bicyclic) bond motifs is 2. The monoisotopic (exact) mass is 440 g/mol. The maximum Gasteiger partial charge on any atom is 0.311 e. The molecular formula is C26H36N2O4. The molecule has 2 saturated heterocycles. The Morgan fingerprint density at radius 2 is 1.97 bits per heavy atom. The molecule has 4 aliphatic rings. The number of anilines is 1. The zero-order valence-electron chi connectivity index (χ0n) is 19.5. The summed E-state index contributed by atoms with van der Waals surface area (Å²) >= 11 is 0. The Labute approximate surface area is 191 Å². The number of carbonyl (C=O) groups excluding carboxylic acids is 1. The minimum atomic E-state index is -0.533. The lowest BCUT2D eigenvalue weighted by Crippen LogP contribution is -2.55. The zero-order valence-corrected chi connectivity index (χ0v) is 19.5. The average Bonchev–Trinajstić information content (AvgIpc) is 3.11. The van der Waals surface area contributed by atoms with Crippen LogP contribution in [-0.2, 0) is 9.53 Å². The quantitative estimate of drug-likeness (QED) is 0.574. The maximum absolute atomic E-state index is 12.9. The fraction of sp³-hybridized carbons (Fsp3) is 0.654. The molecule has 0 bridgehead atoms. The lowest BCUT2D eigenvalue weighted by Gasteiger charge is -2.52. The van der Waals surface area contributed by atoms with E-state index in [0.717, 1.165) is 56.9 Å². The van der Waals surface area contributed by atoms with Gasteiger partial charge in [-0.15, -0.1) is 0 Å². The van der Waals surface area contributed by atoms with Crippen molar-refractivity contribution >= 4 is 11.7 Å². The summed E-state index contributed by atoms with van der Waals surface area (Å²) in [6, 6.07) is 8.13. The number of hydrogen-bond acceptors (Lipinski definition) is 6. The zero-order chi connectivity index (χ0) is 22.5. The fourth-order valence-corrected chi connectivity index (χ4v) is 6.61. The van der Waals surface area contributed by atoms with Gasteiger partial charge in [0.15, 0.2) is 0 Å². The molecule has 0 spiro atoms. The predicted octanol–water partition coefficient (Wildman–Crippen LogP) is 3.10. The number of para-hydroxylation sites is 2. The Morgan fingerprint density at radius 1 is 1.22 bits per heavy atom. The molecule has 2 heterocycles. The Kier molecular flexibility index (Phi) is 5.70. The molecule has 1 aromatic rings. The molecule has 32 heavy (non-hydrogen) atoms. The van der Waals surface area contributed by atoms with E-state index in [2.05, 4.69) is 35.8 Å². The van der Waals surface area contributed by atoms with Crippen molar-refractivity contribution in [3.05, 3.63) is 35.9 Å². The number of rotatable bonds is 4. The summed E-state index contributed by atoms with van der Waals surface area (Å²) in [6.07, 6.45) is 4.52. The van der Waals surface area contributed by atoms with Crippen LogP contribution in [0.15, 0.2) is 35.9 Å². The SMILES string of the molecule is COc1ccccc1N1CCN(CC2C(=O)O[C@@H]3CC4=CCC[C@@H](C)[C@@]4(C)[C@@H](O)[C@H]23)CC1.